The molecule has 0 aliphatic carbocycles. The van der Waals surface area contributed by atoms with E-state index in [9.17, 15) is 9.59 Å². The fourth-order valence-corrected chi connectivity index (χ4v) is 2.83. The number of morpholine rings is 1. The molecule has 1 amide bonds. The maximum atomic E-state index is 13.0. The van der Waals surface area contributed by atoms with Gasteiger partial charge in [-0.25, -0.2) is 4.98 Å². The number of aromatic nitrogens is 4. The van der Waals surface area contributed by atoms with Crippen molar-refractivity contribution < 1.29 is 9.53 Å². The number of nitrogens with one attached hydrogen (secondary N) is 2. The molecule has 134 valence electrons. The number of carbonyl (C=O) groups excluding carboxylic acids is 1. The molecule has 0 spiro atoms. The minimum Gasteiger partial charge on any atom is -0.377 e. The Bertz CT molecular complexity index is 833. The van der Waals surface area contributed by atoms with Gasteiger partial charge in [0.25, 0.3) is 11.5 Å². The molecule has 2 aromatic rings. The summed E-state index contributed by atoms with van der Waals surface area (Å²) in [5.74, 6) is 0.315. The number of carbonyl (C=O) groups is 1. The molecule has 1 atom stereocenters. The average molecular weight is 345 g/mol. The van der Waals surface area contributed by atoms with Crippen molar-refractivity contribution in [1.29, 1.82) is 0 Å². The largest absolute Gasteiger partial charge is 0.377 e. The highest BCUT2D eigenvalue weighted by molar-refractivity contribution is 5.92. The van der Waals surface area contributed by atoms with Gasteiger partial charge in [0.1, 0.15) is 11.5 Å². The summed E-state index contributed by atoms with van der Waals surface area (Å²) < 4.78 is 5.52. The number of rotatable bonds is 2. The Morgan fingerprint density at radius 2 is 2.12 bits per heavy atom. The lowest BCUT2D eigenvalue weighted by molar-refractivity contribution is -0.00432. The van der Waals surface area contributed by atoms with Gasteiger partial charge >= 0.3 is 0 Å². The van der Waals surface area contributed by atoms with Crippen molar-refractivity contribution in [2.45, 2.75) is 39.2 Å². The van der Waals surface area contributed by atoms with Gasteiger partial charge in [0.15, 0.2) is 0 Å². The summed E-state index contributed by atoms with van der Waals surface area (Å²) in [6, 6.07) is 2.79. The van der Waals surface area contributed by atoms with Crippen LogP contribution in [0.1, 0.15) is 54.5 Å². The lowest BCUT2D eigenvalue weighted by Gasteiger charge is -2.34. The van der Waals surface area contributed by atoms with E-state index in [4.69, 9.17) is 4.74 Å². The first-order valence-electron chi connectivity index (χ1n) is 8.28. The zero-order valence-corrected chi connectivity index (χ0v) is 14.9. The average Bonchev–Trinajstić information content (AvgIpc) is 3.03. The van der Waals surface area contributed by atoms with Crippen LogP contribution in [0.25, 0.3) is 0 Å². The van der Waals surface area contributed by atoms with Gasteiger partial charge in [-0.1, -0.05) is 20.8 Å². The molecule has 0 saturated carbocycles. The molecule has 8 nitrogen and oxygen atoms in total. The summed E-state index contributed by atoms with van der Waals surface area (Å²) in [6.45, 7) is 9.04. The lowest BCUT2D eigenvalue weighted by Crippen LogP contribution is -2.44. The molecule has 2 N–H and O–H groups in total. The number of amides is 1. The van der Waals surface area contributed by atoms with Crippen molar-refractivity contribution >= 4 is 5.91 Å². The highest BCUT2D eigenvalue weighted by Gasteiger charge is 2.32. The second-order valence-corrected chi connectivity index (χ2v) is 7.26. The van der Waals surface area contributed by atoms with Gasteiger partial charge in [0.05, 0.1) is 24.9 Å². The van der Waals surface area contributed by atoms with Gasteiger partial charge in [-0.2, -0.15) is 5.10 Å². The SMILES string of the molecule is Cc1nc([C@H]2COCCN2C(=O)c2cc(C(C)(C)C)[nH]n2)cc(=O)[nH]1. The molecule has 0 radical (unpaired) electrons. The second-order valence-electron chi connectivity index (χ2n) is 7.26. The van der Waals surface area contributed by atoms with Crippen LogP contribution in [0, 0.1) is 6.92 Å². The summed E-state index contributed by atoms with van der Waals surface area (Å²) in [7, 11) is 0. The minimum absolute atomic E-state index is 0.124. The van der Waals surface area contributed by atoms with Crippen molar-refractivity contribution in [3.05, 3.63) is 45.4 Å². The van der Waals surface area contributed by atoms with E-state index >= 15 is 0 Å². The maximum absolute atomic E-state index is 13.0. The van der Waals surface area contributed by atoms with Crippen LogP contribution in [0.5, 0.6) is 0 Å². The Morgan fingerprint density at radius 3 is 2.76 bits per heavy atom. The van der Waals surface area contributed by atoms with Crippen molar-refractivity contribution in [3.63, 3.8) is 0 Å². The molecule has 3 rings (SSSR count). The molecule has 0 aromatic carbocycles. The summed E-state index contributed by atoms with van der Waals surface area (Å²) in [5.41, 5.74) is 1.42. The van der Waals surface area contributed by atoms with Crippen LogP contribution in [-0.2, 0) is 10.2 Å². The third-order valence-corrected chi connectivity index (χ3v) is 4.22. The van der Waals surface area contributed by atoms with Crippen LogP contribution in [0.15, 0.2) is 16.9 Å². The van der Waals surface area contributed by atoms with Gasteiger partial charge in [-0.15, -0.1) is 0 Å². The van der Waals surface area contributed by atoms with Crippen LogP contribution in [0.2, 0.25) is 0 Å². The quantitative estimate of drug-likeness (QED) is 0.854. The Morgan fingerprint density at radius 1 is 1.36 bits per heavy atom. The predicted octanol–water partition coefficient (Wildman–Crippen LogP) is 1.31. The van der Waals surface area contributed by atoms with E-state index in [1.54, 1.807) is 17.9 Å². The van der Waals surface area contributed by atoms with Gasteiger partial charge in [0.2, 0.25) is 0 Å². The number of nitrogens with zero attached hydrogens (tertiary/aromatic N) is 3. The Balaban J connectivity index is 1.91. The molecule has 0 unspecified atom stereocenters. The Labute approximate surface area is 145 Å². The highest BCUT2D eigenvalue weighted by atomic mass is 16.5. The first kappa shape index (κ1) is 17.3. The Hall–Kier alpha value is -2.48. The van der Waals surface area contributed by atoms with Gasteiger partial charge < -0.3 is 14.6 Å². The normalized spacial score (nSPS) is 18.4. The molecule has 1 fully saturated rings. The van der Waals surface area contributed by atoms with Crippen molar-refractivity contribution in [1.82, 2.24) is 25.1 Å². The molecule has 3 heterocycles. The van der Waals surface area contributed by atoms with E-state index in [2.05, 4.69) is 40.9 Å². The number of hydrogen-bond acceptors (Lipinski definition) is 5. The van der Waals surface area contributed by atoms with Crippen LogP contribution in [0.3, 0.4) is 0 Å². The van der Waals surface area contributed by atoms with Gasteiger partial charge in [-0.3, -0.25) is 14.7 Å². The first-order chi connectivity index (χ1) is 11.8. The van der Waals surface area contributed by atoms with Gasteiger partial charge in [0, 0.05) is 23.7 Å². The third-order valence-electron chi connectivity index (χ3n) is 4.22. The number of hydrogen-bond donors (Lipinski definition) is 2. The maximum Gasteiger partial charge on any atom is 0.275 e. The number of aryl methyl sites for hydroxylation is 1. The van der Waals surface area contributed by atoms with E-state index in [0.717, 1.165) is 5.69 Å². The zero-order chi connectivity index (χ0) is 18.2. The second kappa shape index (κ2) is 6.44. The molecular weight excluding hydrogens is 322 g/mol. The summed E-state index contributed by atoms with van der Waals surface area (Å²) in [6.07, 6.45) is 0. The monoisotopic (exact) mass is 345 g/mol. The third kappa shape index (κ3) is 3.63. The Kier molecular flexibility index (Phi) is 4.47. The predicted molar refractivity (Wildman–Crippen MR) is 91.5 cm³/mol. The lowest BCUT2D eigenvalue weighted by atomic mass is 9.92. The van der Waals surface area contributed by atoms with Gasteiger partial charge in [-0.05, 0) is 13.0 Å². The van der Waals surface area contributed by atoms with E-state index in [0.29, 0.717) is 37.0 Å². The van der Waals surface area contributed by atoms with E-state index in [1.165, 1.54) is 6.07 Å². The standard InChI is InChI=1S/C17H23N5O3/c1-10-18-11(8-15(23)19-10)13-9-25-6-5-22(13)16(24)12-7-14(21-20-12)17(2,3)4/h7-8,13H,5-6,9H2,1-4H3,(H,20,21)(H,18,19,23)/t13-/m1/s1. The molecular formula is C17H23N5O3. The zero-order valence-electron chi connectivity index (χ0n) is 14.9. The molecule has 1 aliphatic heterocycles. The number of aromatic amines is 2. The van der Waals surface area contributed by atoms with Crippen LogP contribution >= 0.6 is 0 Å². The molecule has 25 heavy (non-hydrogen) atoms. The molecule has 8 heteroatoms. The summed E-state index contributed by atoms with van der Waals surface area (Å²) in [4.78, 5) is 33.4. The molecule has 1 saturated heterocycles. The van der Waals surface area contributed by atoms with Crippen LogP contribution in [0.4, 0.5) is 0 Å². The molecule has 2 aromatic heterocycles. The number of H-pyrrole nitrogens is 2. The van der Waals surface area contributed by atoms with E-state index < -0.39 is 6.04 Å². The van der Waals surface area contributed by atoms with Crippen molar-refractivity contribution in [2.75, 3.05) is 19.8 Å². The first-order valence-corrected chi connectivity index (χ1v) is 8.28. The van der Waals surface area contributed by atoms with Crippen molar-refractivity contribution in [2.24, 2.45) is 0 Å². The fraction of sp³-hybridized carbons (Fsp3) is 0.529. The number of ether oxygens (including phenoxy) is 1. The topological polar surface area (TPSA) is 104 Å². The van der Waals surface area contributed by atoms with Crippen LogP contribution < -0.4 is 5.56 Å². The van der Waals surface area contributed by atoms with Crippen molar-refractivity contribution in [3.8, 4) is 0 Å². The van der Waals surface area contributed by atoms with E-state index in [1.807, 2.05) is 0 Å². The van der Waals surface area contributed by atoms with E-state index in [-0.39, 0.29) is 16.9 Å². The summed E-state index contributed by atoms with van der Waals surface area (Å²) >= 11 is 0. The minimum atomic E-state index is -0.406. The smallest absolute Gasteiger partial charge is 0.275 e. The summed E-state index contributed by atoms with van der Waals surface area (Å²) in [5, 5.41) is 7.11. The highest BCUT2D eigenvalue weighted by Crippen LogP contribution is 2.25. The molecule has 1 aliphatic rings. The molecule has 0 bridgehead atoms. The fourth-order valence-electron chi connectivity index (χ4n) is 2.83. The van der Waals surface area contributed by atoms with Crippen LogP contribution in [-0.4, -0.2) is 50.7 Å².